The number of anilines is 3. The van der Waals surface area contributed by atoms with Gasteiger partial charge in [-0.2, -0.15) is 0 Å². The van der Waals surface area contributed by atoms with E-state index in [1.807, 2.05) is 6.07 Å². The lowest BCUT2D eigenvalue weighted by Gasteiger charge is -2.33. The first-order valence-corrected chi connectivity index (χ1v) is 20.5. The number of nitrogens with zero attached hydrogens (tertiary/aromatic N) is 1. The summed E-state index contributed by atoms with van der Waals surface area (Å²) in [6.45, 7) is 4.77. The number of fused-ring (bicyclic) bond motifs is 9. The SMILES string of the molecule is CC1(C)c2ccccc2-c2c1cc(-c1c3ccccc3c(-c3ccccc3)c3ccc(-c4ccc5c(c4)Oc4ccccc4N5c4ccccc4)cc13)c1ccccc21. The lowest BCUT2D eigenvalue weighted by molar-refractivity contribution is 0.477. The van der Waals surface area contributed by atoms with Crippen LogP contribution in [0.15, 0.2) is 200 Å². The third kappa shape index (κ3) is 5.00. The monoisotopic (exact) mass is 753 g/mol. The van der Waals surface area contributed by atoms with Crippen LogP contribution >= 0.6 is 0 Å². The van der Waals surface area contributed by atoms with Crippen LogP contribution < -0.4 is 9.64 Å². The van der Waals surface area contributed by atoms with Crippen LogP contribution in [0.4, 0.5) is 17.1 Å². The fourth-order valence-electron chi connectivity index (χ4n) is 10.1. The van der Waals surface area contributed by atoms with Crippen molar-refractivity contribution < 1.29 is 4.74 Å². The van der Waals surface area contributed by atoms with E-state index in [9.17, 15) is 0 Å². The Bertz CT molecular complexity index is 3330. The zero-order valence-corrected chi connectivity index (χ0v) is 32.9. The zero-order chi connectivity index (χ0) is 39.2. The molecule has 0 atom stereocenters. The van der Waals surface area contributed by atoms with Crippen LogP contribution in [-0.4, -0.2) is 0 Å². The second-order valence-corrected chi connectivity index (χ2v) is 16.4. The van der Waals surface area contributed by atoms with Gasteiger partial charge in [-0.3, -0.25) is 0 Å². The molecular formula is C57H39NO. The van der Waals surface area contributed by atoms with Crippen molar-refractivity contribution in [2.75, 3.05) is 4.90 Å². The first-order valence-electron chi connectivity index (χ1n) is 20.5. The molecule has 12 rings (SSSR count). The first kappa shape index (κ1) is 33.7. The van der Waals surface area contributed by atoms with Gasteiger partial charge in [-0.05, 0) is 136 Å². The molecule has 0 bridgehead atoms. The Morgan fingerprint density at radius 3 is 1.73 bits per heavy atom. The van der Waals surface area contributed by atoms with Gasteiger partial charge in [-0.1, -0.05) is 166 Å². The van der Waals surface area contributed by atoms with Crippen LogP contribution in [-0.2, 0) is 5.41 Å². The summed E-state index contributed by atoms with van der Waals surface area (Å²) in [5, 5.41) is 7.53. The fourth-order valence-corrected chi connectivity index (χ4v) is 10.1. The Hall–Kier alpha value is -7.42. The van der Waals surface area contributed by atoms with Crippen molar-refractivity contribution in [3.8, 4) is 56.0 Å². The summed E-state index contributed by atoms with van der Waals surface area (Å²) < 4.78 is 6.70. The fraction of sp³-hybridized carbons (Fsp3) is 0.0526. The summed E-state index contributed by atoms with van der Waals surface area (Å²) in [6, 6.07) is 73.1. The maximum Gasteiger partial charge on any atom is 0.152 e. The van der Waals surface area contributed by atoms with E-state index in [-0.39, 0.29) is 5.41 Å². The van der Waals surface area contributed by atoms with Crippen molar-refractivity contribution in [2.45, 2.75) is 19.3 Å². The summed E-state index contributed by atoms with van der Waals surface area (Å²) in [4.78, 5) is 2.30. The third-order valence-electron chi connectivity index (χ3n) is 12.8. The van der Waals surface area contributed by atoms with E-state index in [2.05, 4.69) is 213 Å². The molecule has 0 radical (unpaired) electrons. The molecule has 59 heavy (non-hydrogen) atoms. The van der Waals surface area contributed by atoms with Gasteiger partial charge >= 0.3 is 0 Å². The van der Waals surface area contributed by atoms with Gasteiger partial charge in [0.25, 0.3) is 0 Å². The second kappa shape index (κ2) is 12.8. The van der Waals surface area contributed by atoms with Crippen LogP contribution in [0.3, 0.4) is 0 Å². The van der Waals surface area contributed by atoms with Crippen LogP contribution in [0.5, 0.6) is 11.5 Å². The van der Waals surface area contributed by atoms with E-state index in [4.69, 9.17) is 4.74 Å². The van der Waals surface area contributed by atoms with Crippen molar-refractivity contribution in [1.82, 2.24) is 0 Å². The molecule has 2 heteroatoms. The van der Waals surface area contributed by atoms with Gasteiger partial charge in [0, 0.05) is 11.1 Å². The van der Waals surface area contributed by atoms with Gasteiger partial charge in [0.1, 0.15) is 0 Å². The highest BCUT2D eigenvalue weighted by molar-refractivity contribution is 6.25. The molecular weight excluding hydrogens is 715 g/mol. The predicted octanol–water partition coefficient (Wildman–Crippen LogP) is 16.0. The van der Waals surface area contributed by atoms with E-state index in [1.54, 1.807) is 0 Å². The molecule has 0 aromatic heterocycles. The number of ether oxygens (including phenoxy) is 1. The van der Waals surface area contributed by atoms with Crippen LogP contribution in [0.2, 0.25) is 0 Å². The Balaban J connectivity index is 1.14. The number of benzene rings is 10. The molecule has 0 saturated heterocycles. The van der Waals surface area contributed by atoms with E-state index in [0.717, 1.165) is 39.7 Å². The van der Waals surface area contributed by atoms with Gasteiger partial charge in [-0.15, -0.1) is 0 Å². The summed E-state index contributed by atoms with van der Waals surface area (Å²) in [5.74, 6) is 1.68. The summed E-state index contributed by atoms with van der Waals surface area (Å²) in [6.07, 6.45) is 0. The Kier molecular flexibility index (Phi) is 7.31. The summed E-state index contributed by atoms with van der Waals surface area (Å²) in [5.41, 5.74) is 15.7. The molecule has 2 aliphatic rings. The van der Waals surface area contributed by atoms with Crippen molar-refractivity contribution in [1.29, 1.82) is 0 Å². The molecule has 10 aromatic rings. The van der Waals surface area contributed by atoms with Crippen LogP contribution in [0.25, 0.3) is 76.8 Å². The molecule has 1 heterocycles. The Morgan fingerprint density at radius 1 is 0.356 bits per heavy atom. The number of para-hydroxylation sites is 3. The highest BCUT2D eigenvalue weighted by Gasteiger charge is 2.37. The van der Waals surface area contributed by atoms with Crippen LogP contribution in [0.1, 0.15) is 25.0 Å². The van der Waals surface area contributed by atoms with Gasteiger partial charge in [-0.25, -0.2) is 0 Å². The molecule has 1 aliphatic heterocycles. The average molecular weight is 754 g/mol. The smallest absolute Gasteiger partial charge is 0.152 e. The van der Waals surface area contributed by atoms with Crippen LogP contribution in [0, 0.1) is 0 Å². The maximum absolute atomic E-state index is 6.70. The standard InChI is InChI=1S/C57H39NO/c1-57(2)48-26-14-13-25-45(48)56-41-22-10-9-21-40(41)47(35-49(56)57)55-43-24-12-11-23-42(43)54(36-17-5-3-6-18-36)44-31-29-37(33-46(44)55)38-30-32-51-53(34-38)59-52-28-16-15-27-50(52)58(51)39-19-7-4-8-20-39/h3-35H,1-2H3. The van der Waals surface area contributed by atoms with E-state index < -0.39 is 0 Å². The minimum absolute atomic E-state index is 0.152. The molecule has 10 aromatic carbocycles. The molecule has 0 amide bonds. The molecule has 0 fully saturated rings. The van der Waals surface area contributed by atoms with E-state index in [0.29, 0.717) is 0 Å². The van der Waals surface area contributed by atoms with Crippen molar-refractivity contribution in [3.05, 3.63) is 211 Å². The van der Waals surface area contributed by atoms with E-state index >= 15 is 0 Å². The van der Waals surface area contributed by atoms with Gasteiger partial charge in [0.15, 0.2) is 11.5 Å². The molecule has 1 aliphatic carbocycles. The average Bonchev–Trinajstić information content (AvgIpc) is 3.53. The van der Waals surface area contributed by atoms with Gasteiger partial charge < -0.3 is 9.64 Å². The topological polar surface area (TPSA) is 12.5 Å². The van der Waals surface area contributed by atoms with Crippen molar-refractivity contribution >= 4 is 49.4 Å². The highest BCUT2D eigenvalue weighted by Crippen LogP contribution is 2.56. The normalized spacial score (nSPS) is 13.5. The zero-order valence-electron chi connectivity index (χ0n) is 32.9. The van der Waals surface area contributed by atoms with Crippen molar-refractivity contribution in [2.24, 2.45) is 0 Å². The minimum Gasteiger partial charge on any atom is -0.453 e. The lowest BCUT2D eigenvalue weighted by Crippen LogP contribution is -2.15. The quantitative estimate of drug-likeness (QED) is 0.166. The third-order valence-corrected chi connectivity index (χ3v) is 12.8. The largest absolute Gasteiger partial charge is 0.453 e. The Labute approximate surface area is 344 Å². The summed E-state index contributed by atoms with van der Waals surface area (Å²) in [7, 11) is 0. The maximum atomic E-state index is 6.70. The molecule has 278 valence electrons. The lowest BCUT2D eigenvalue weighted by atomic mass is 9.78. The second-order valence-electron chi connectivity index (χ2n) is 16.4. The Morgan fingerprint density at radius 2 is 0.932 bits per heavy atom. The number of hydrogen-bond acceptors (Lipinski definition) is 2. The predicted molar refractivity (Wildman–Crippen MR) is 248 cm³/mol. The molecule has 0 unspecified atom stereocenters. The number of hydrogen-bond donors (Lipinski definition) is 0. The minimum atomic E-state index is -0.152. The van der Waals surface area contributed by atoms with E-state index in [1.165, 1.54) is 76.8 Å². The molecule has 0 N–H and O–H groups in total. The molecule has 0 saturated carbocycles. The molecule has 0 spiro atoms. The first-order chi connectivity index (χ1) is 29.0. The highest BCUT2D eigenvalue weighted by atomic mass is 16.5. The van der Waals surface area contributed by atoms with Gasteiger partial charge in [0.2, 0.25) is 0 Å². The van der Waals surface area contributed by atoms with Gasteiger partial charge in [0.05, 0.1) is 11.4 Å². The molecule has 2 nitrogen and oxygen atoms in total. The number of rotatable bonds is 4. The van der Waals surface area contributed by atoms with Crippen molar-refractivity contribution in [3.63, 3.8) is 0 Å². The summed E-state index contributed by atoms with van der Waals surface area (Å²) >= 11 is 0.